The molecule has 0 unspecified atom stereocenters. The fourth-order valence-corrected chi connectivity index (χ4v) is 2.10. The second kappa shape index (κ2) is 5.50. The fraction of sp³-hybridized carbons (Fsp3) is 0.625. The van der Waals surface area contributed by atoms with Crippen LogP contribution in [0.4, 0.5) is 13.2 Å². The Balaban J connectivity index is 2.28. The molecule has 0 aliphatic carbocycles. The number of nitrogens with zero attached hydrogens (tertiary/aromatic N) is 1. The van der Waals surface area contributed by atoms with E-state index in [1.807, 2.05) is 0 Å². The molecule has 0 bridgehead atoms. The van der Waals surface area contributed by atoms with Gasteiger partial charge in [0.2, 0.25) is 0 Å². The van der Waals surface area contributed by atoms with Crippen molar-refractivity contribution in [2.75, 3.05) is 6.54 Å². The smallest absolute Gasteiger partial charge is 0.335 e. The zero-order valence-corrected chi connectivity index (χ0v) is 9.61. The van der Waals surface area contributed by atoms with Gasteiger partial charge in [-0.3, -0.25) is 0 Å². The minimum atomic E-state index is -4.19. The van der Waals surface area contributed by atoms with Crippen LogP contribution in [0.3, 0.4) is 0 Å². The van der Waals surface area contributed by atoms with Crippen LogP contribution < -0.4 is 4.72 Å². The summed E-state index contributed by atoms with van der Waals surface area (Å²) in [5.74, 6) is 0. The minimum Gasteiger partial charge on any atom is -0.335 e. The molecule has 1 rings (SSSR count). The highest BCUT2D eigenvalue weighted by Crippen LogP contribution is 2.21. The van der Waals surface area contributed by atoms with Crippen LogP contribution in [-0.2, 0) is 10.0 Å². The quantitative estimate of drug-likeness (QED) is 0.768. The lowest BCUT2D eigenvalue weighted by Crippen LogP contribution is -2.25. The summed E-state index contributed by atoms with van der Waals surface area (Å²) in [4.78, 5) is 5.94. The Hall–Kier alpha value is -1.09. The van der Waals surface area contributed by atoms with Crippen molar-refractivity contribution < 1.29 is 21.6 Å². The SMILES string of the molecule is O=S(=O)(NCCCCC(F)(F)F)c1cnc[nH]1. The summed E-state index contributed by atoms with van der Waals surface area (Å²) in [5.41, 5.74) is 0. The van der Waals surface area contributed by atoms with Crippen molar-refractivity contribution >= 4 is 10.0 Å². The number of nitrogens with one attached hydrogen (secondary N) is 2. The molecule has 1 aromatic heterocycles. The maximum Gasteiger partial charge on any atom is 0.389 e. The Morgan fingerprint density at radius 1 is 1.35 bits per heavy atom. The van der Waals surface area contributed by atoms with Gasteiger partial charge in [-0.15, -0.1) is 0 Å². The zero-order chi connectivity index (χ0) is 12.9. The third kappa shape index (κ3) is 5.18. The van der Waals surface area contributed by atoms with E-state index in [9.17, 15) is 21.6 Å². The van der Waals surface area contributed by atoms with E-state index in [0.717, 1.165) is 6.20 Å². The van der Waals surface area contributed by atoms with E-state index in [-0.39, 0.29) is 24.4 Å². The standard InChI is InChI=1S/C8H12F3N3O2S/c9-8(10,11)3-1-2-4-14-17(15,16)7-5-12-6-13-7/h5-6,14H,1-4H2,(H,12,13). The average molecular weight is 271 g/mol. The van der Waals surface area contributed by atoms with Crippen LogP contribution in [0, 0.1) is 0 Å². The van der Waals surface area contributed by atoms with E-state index in [0.29, 0.717) is 0 Å². The van der Waals surface area contributed by atoms with Gasteiger partial charge < -0.3 is 4.98 Å². The Morgan fingerprint density at radius 2 is 2.06 bits per heavy atom. The number of halogens is 3. The summed E-state index contributed by atoms with van der Waals surface area (Å²) in [7, 11) is -3.68. The lowest BCUT2D eigenvalue weighted by Gasteiger charge is -2.06. The van der Waals surface area contributed by atoms with Crippen LogP contribution in [0.25, 0.3) is 0 Å². The Kier molecular flexibility index (Phi) is 4.52. The molecule has 1 heterocycles. The molecular weight excluding hydrogens is 259 g/mol. The molecule has 5 nitrogen and oxygen atoms in total. The third-order valence-electron chi connectivity index (χ3n) is 1.94. The van der Waals surface area contributed by atoms with Crippen LogP contribution in [0.15, 0.2) is 17.6 Å². The molecule has 0 aliphatic rings. The second-order valence-corrected chi connectivity index (χ2v) is 5.12. The van der Waals surface area contributed by atoms with Crippen molar-refractivity contribution in [3.63, 3.8) is 0 Å². The van der Waals surface area contributed by atoms with Crippen molar-refractivity contribution in [3.8, 4) is 0 Å². The van der Waals surface area contributed by atoms with E-state index in [4.69, 9.17) is 0 Å². The van der Waals surface area contributed by atoms with Crippen molar-refractivity contribution in [1.29, 1.82) is 0 Å². The number of H-pyrrole nitrogens is 1. The van der Waals surface area contributed by atoms with Gasteiger partial charge >= 0.3 is 6.18 Å². The number of rotatable bonds is 6. The van der Waals surface area contributed by atoms with E-state index < -0.39 is 22.6 Å². The highest BCUT2D eigenvalue weighted by molar-refractivity contribution is 7.89. The van der Waals surface area contributed by atoms with Crippen LogP contribution in [0.1, 0.15) is 19.3 Å². The topological polar surface area (TPSA) is 74.8 Å². The van der Waals surface area contributed by atoms with Gasteiger partial charge in [0, 0.05) is 13.0 Å². The maximum absolute atomic E-state index is 11.8. The summed E-state index contributed by atoms with van der Waals surface area (Å²) in [5, 5.41) is -0.103. The molecule has 1 aromatic rings. The number of sulfonamides is 1. The largest absolute Gasteiger partial charge is 0.389 e. The number of hydrogen-bond acceptors (Lipinski definition) is 3. The van der Waals surface area contributed by atoms with Crippen molar-refractivity contribution in [2.45, 2.75) is 30.5 Å². The van der Waals surface area contributed by atoms with Gasteiger partial charge in [-0.25, -0.2) is 18.1 Å². The van der Waals surface area contributed by atoms with Gasteiger partial charge in [-0.2, -0.15) is 13.2 Å². The summed E-state index contributed by atoms with van der Waals surface area (Å²) < 4.78 is 60.4. The molecule has 0 spiro atoms. The van der Waals surface area contributed by atoms with Crippen molar-refractivity contribution in [2.24, 2.45) is 0 Å². The average Bonchev–Trinajstić information content (AvgIpc) is 2.68. The zero-order valence-electron chi connectivity index (χ0n) is 8.79. The Morgan fingerprint density at radius 3 is 2.59 bits per heavy atom. The van der Waals surface area contributed by atoms with Crippen molar-refractivity contribution in [3.05, 3.63) is 12.5 Å². The first-order chi connectivity index (χ1) is 7.81. The highest BCUT2D eigenvalue weighted by Gasteiger charge is 2.26. The molecule has 0 fully saturated rings. The van der Waals surface area contributed by atoms with E-state index in [2.05, 4.69) is 14.7 Å². The molecule has 2 N–H and O–H groups in total. The number of unbranched alkanes of at least 4 members (excludes halogenated alkanes) is 1. The lowest BCUT2D eigenvalue weighted by molar-refractivity contribution is -0.135. The number of imidazole rings is 1. The first-order valence-corrected chi connectivity index (χ1v) is 6.34. The molecule has 9 heteroatoms. The molecule has 0 saturated heterocycles. The lowest BCUT2D eigenvalue weighted by atomic mass is 10.2. The number of aromatic amines is 1. The molecule has 98 valence electrons. The molecule has 0 radical (unpaired) electrons. The van der Waals surface area contributed by atoms with Crippen molar-refractivity contribution in [1.82, 2.24) is 14.7 Å². The van der Waals surface area contributed by atoms with E-state index >= 15 is 0 Å². The summed E-state index contributed by atoms with van der Waals surface area (Å²) in [6, 6.07) is 0. The maximum atomic E-state index is 11.8. The molecule has 0 saturated carbocycles. The van der Waals surface area contributed by atoms with Gasteiger partial charge in [0.05, 0.1) is 12.5 Å². The normalized spacial score (nSPS) is 12.9. The number of aromatic nitrogens is 2. The summed E-state index contributed by atoms with van der Waals surface area (Å²) in [6.07, 6.45) is -2.74. The Labute approximate surface area is 96.5 Å². The van der Waals surface area contributed by atoms with Crippen LogP contribution in [0.5, 0.6) is 0 Å². The molecule has 0 atom stereocenters. The van der Waals surface area contributed by atoms with Gasteiger partial charge in [0.25, 0.3) is 10.0 Å². The fourth-order valence-electron chi connectivity index (χ4n) is 1.12. The van der Waals surface area contributed by atoms with Gasteiger partial charge in [0.1, 0.15) is 0 Å². The first-order valence-electron chi connectivity index (χ1n) is 4.86. The van der Waals surface area contributed by atoms with Crippen LogP contribution in [-0.4, -0.2) is 31.1 Å². The third-order valence-corrected chi connectivity index (χ3v) is 3.33. The molecule has 17 heavy (non-hydrogen) atoms. The number of hydrogen-bond donors (Lipinski definition) is 2. The predicted molar refractivity (Wildman–Crippen MR) is 53.7 cm³/mol. The predicted octanol–water partition coefficient (Wildman–Crippen LogP) is 1.42. The Bertz CT molecular complexity index is 427. The van der Waals surface area contributed by atoms with E-state index in [1.54, 1.807) is 0 Å². The van der Waals surface area contributed by atoms with Gasteiger partial charge in [0.15, 0.2) is 5.03 Å². The van der Waals surface area contributed by atoms with E-state index in [1.165, 1.54) is 6.33 Å². The molecule has 0 aromatic carbocycles. The van der Waals surface area contributed by atoms with Crippen LogP contribution in [0.2, 0.25) is 0 Å². The summed E-state index contributed by atoms with van der Waals surface area (Å²) >= 11 is 0. The van der Waals surface area contributed by atoms with Gasteiger partial charge in [-0.1, -0.05) is 0 Å². The highest BCUT2D eigenvalue weighted by atomic mass is 32.2. The minimum absolute atomic E-state index is 0.0303. The second-order valence-electron chi connectivity index (χ2n) is 3.39. The number of alkyl halides is 3. The first kappa shape index (κ1) is 14.0. The summed E-state index contributed by atoms with van der Waals surface area (Å²) in [6.45, 7) is -0.0303. The molecule has 0 aliphatic heterocycles. The monoisotopic (exact) mass is 271 g/mol. The van der Waals surface area contributed by atoms with Gasteiger partial charge in [-0.05, 0) is 12.8 Å². The molecule has 0 amide bonds. The molecular formula is C8H12F3N3O2S. The van der Waals surface area contributed by atoms with Crippen LogP contribution >= 0.6 is 0 Å².